The summed E-state index contributed by atoms with van der Waals surface area (Å²) in [5.41, 5.74) is 7.79. The summed E-state index contributed by atoms with van der Waals surface area (Å²) in [4.78, 5) is 18.0. The standard InChI is InChI=1S/C24H39N5O2/c1-18-5-8-21(22(15-18)31-17-19-6-7-19)16-28-24(26-2)27-11-3-4-12-29-13-9-20(10-14-29)23(25)30/h5,8,15,19-20H,3-4,6-7,9-14,16-17H2,1-2H3,(H2,25,30)(H2,26,27,28). The Kier molecular flexibility index (Phi) is 9.00. The van der Waals surface area contributed by atoms with Crippen LogP contribution in [0.5, 0.6) is 5.75 Å². The normalized spacial score (nSPS) is 18.1. The molecule has 2 aliphatic rings. The van der Waals surface area contributed by atoms with Crippen LogP contribution in [0.2, 0.25) is 0 Å². The quantitative estimate of drug-likeness (QED) is 0.285. The van der Waals surface area contributed by atoms with Crippen LogP contribution in [0.3, 0.4) is 0 Å². The van der Waals surface area contributed by atoms with Crippen LogP contribution in [0.1, 0.15) is 49.7 Å². The highest BCUT2D eigenvalue weighted by Gasteiger charge is 2.23. The van der Waals surface area contributed by atoms with E-state index < -0.39 is 0 Å². The molecule has 172 valence electrons. The predicted octanol–water partition coefficient (Wildman–Crippen LogP) is 2.43. The minimum atomic E-state index is -0.144. The van der Waals surface area contributed by atoms with Crippen LogP contribution >= 0.6 is 0 Å². The van der Waals surface area contributed by atoms with Crippen molar-refractivity contribution < 1.29 is 9.53 Å². The van der Waals surface area contributed by atoms with Crippen molar-refractivity contribution in [3.8, 4) is 5.75 Å². The van der Waals surface area contributed by atoms with Crippen molar-refractivity contribution in [2.75, 3.05) is 39.8 Å². The smallest absolute Gasteiger partial charge is 0.220 e. The third-order valence-corrected chi connectivity index (χ3v) is 6.25. The lowest BCUT2D eigenvalue weighted by Gasteiger charge is -2.30. The van der Waals surface area contributed by atoms with Crippen molar-refractivity contribution in [3.63, 3.8) is 0 Å². The number of nitrogens with two attached hydrogens (primary N) is 1. The van der Waals surface area contributed by atoms with Crippen LogP contribution < -0.4 is 21.1 Å². The average Bonchev–Trinajstić information content (AvgIpc) is 3.60. The SMILES string of the molecule is CN=C(NCCCCN1CCC(C(N)=O)CC1)NCc1ccc(C)cc1OCC1CC1. The number of ether oxygens (including phenoxy) is 1. The number of unbranched alkanes of at least 4 members (excludes halogenated alkanes) is 1. The number of rotatable bonds is 11. The van der Waals surface area contributed by atoms with E-state index in [0.717, 1.165) is 81.7 Å². The second-order valence-corrected chi connectivity index (χ2v) is 8.94. The summed E-state index contributed by atoms with van der Waals surface area (Å²) < 4.78 is 6.07. The van der Waals surface area contributed by atoms with Crippen molar-refractivity contribution in [1.82, 2.24) is 15.5 Å². The van der Waals surface area contributed by atoms with E-state index in [2.05, 4.69) is 45.6 Å². The second-order valence-electron chi connectivity index (χ2n) is 8.94. The lowest BCUT2D eigenvalue weighted by atomic mass is 9.96. The van der Waals surface area contributed by atoms with E-state index in [0.29, 0.717) is 6.54 Å². The highest BCUT2D eigenvalue weighted by Crippen LogP contribution is 2.30. The topological polar surface area (TPSA) is 92.0 Å². The maximum Gasteiger partial charge on any atom is 0.220 e. The Hall–Kier alpha value is -2.28. The van der Waals surface area contributed by atoms with E-state index in [1.165, 1.54) is 18.4 Å². The van der Waals surface area contributed by atoms with Gasteiger partial charge < -0.3 is 26.0 Å². The molecule has 0 atom stereocenters. The van der Waals surface area contributed by atoms with Crippen LogP contribution in [0, 0.1) is 18.8 Å². The zero-order valence-electron chi connectivity index (χ0n) is 19.2. The minimum Gasteiger partial charge on any atom is -0.493 e. The van der Waals surface area contributed by atoms with E-state index in [1.54, 1.807) is 7.05 Å². The molecular weight excluding hydrogens is 390 g/mol. The average molecular weight is 430 g/mol. The van der Waals surface area contributed by atoms with Crippen LogP contribution in [-0.2, 0) is 11.3 Å². The first-order valence-electron chi connectivity index (χ1n) is 11.7. The van der Waals surface area contributed by atoms with Crippen molar-refractivity contribution in [2.24, 2.45) is 22.6 Å². The molecule has 1 saturated carbocycles. The highest BCUT2D eigenvalue weighted by molar-refractivity contribution is 5.79. The highest BCUT2D eigenvalue weighted by atomic mass is 16.5. The molecule has 3 rings (SSSR count). The van der Waals surface area contributed by atoms with E-state index >= 15 is 0 Å². The molecule has 0 aromatic heterocycles. The third kappa shape index (κ3) is 8.05. The number of piperidine rings is 1. The Morgan fingerprint density at radius 1 is 1.19 bits per heavy atom. The number of nitrogens with zero attached hydrogens (tertiary/aromatic N) is 2. The molecule has 7 nitrogen and oxygen atoms in total. The fraction of sp³-hybridized carbons (Fsp3) is 0.667. The van der Waals surface area contributed by atoms with Crippen molar-refractivity contribution in [3.05, 3.63) is 29.3 Å². The summed E-state index contributed by atoms with van der Waals surface area (Å²) in [5, 5.41) is 6.82. The molecule has 31 heavy (non-hydrogen) atoms. The Morgan fingerprint density at radius 3 is 2.65 bits per heavy atom. The second kappa shape index (κ2) is 11.9. The number of nitrogens with one attached hydrogen (secondary N) is 2. The number of aliphatic imine (C=N–C) groups is 1. The van der Waals surface area contributed by atoms with Crippen LogP contribution in [0.25, 0.3) is 0 Å². The first-order valence-corrected chi connectivity index (χ1v) is 11.7. The molecule has 2 fully saturated rings. The molecule has 1 saturated heterocycles. The number of carbonyl (C=O) groups is 1. The van der Waals surface area contributed by atoms with Crippen LogP contribution in [0.4, 0.5) is 0 Å². The fourth-order valence-electron chi connectivity index (χ4n) is 3.94. The number of benzene rings is 1. The predicted molar refractivity (Wildman–Crippen MR) is 125 cm³/mol. The lowest BCUT2D eigenvalue weighted by molar-refractivity contribution is -0.123. The molecule has 1 amide bonds. The van der Waals surface area contributed by atoms with Gasteiger partial charge in [-0.2, -0.15) is 0 Å². The lowest BCUT2D eigenvalue weighted by Crippen LogP contribution is -2.39. The summed E-state index contributed by atoms with van der Waals surface area (Å²) in [6.45, 7) is 7.53. The molecule has 0 bridgehead atoms. The number of guanidine groups is 1. The Balaban J connectivity index is 1.32. The largest absolute Gasteiger partial charge is 0.493 e. The van der Waals surface area contributed by atoms with Gasteiger partial charge in [0.25, 0.3) is 0 Å². The van der Waals surface area contributed by atoms with Gasteiger partial charge in [-0.1, -0.05) is 12.1 Å². The molecule has 7 heteroatoms. The zero-order chi connectivity index (χ0) is 22.1. The summed E-state index contributed by atoms with van der Waals surface area (Å²) in [6.07, 6.45) is 6.59. The van der Waals surface area contributed by atoms with Crippen molar-refractivity contribution >= 4 is 11.9 Å². The van der Waals surface area contributed by atoms with Crippen LogP contribution in [-0.4, -0.2) is 56.6 Å². The summed E-state index contributed by atoms with van der Waals surface area (Å²) in [5.74, 6) is 2.46. The Morgan fingerprint density at radius 2 is 1.97 bits per heavy atom. The van der Waals surface area contributed by atoms with Gasteiger partial charge in [-0.05, 0) is 82.6 Å². The van der Waals surface area contributed by atoms with Gasteiger partial charge in [0, 0.05) is 31.6 Å². The van der Waals surface area contributed by atoms with Gasteiger partial charge in [0.15, 0.2) is 5.96 Å². The number of hydrogen-bond acceptors (Lipinski definition) is 4. The molecule has 0 radical (unpaired) electrons. The molecule has 0 unspecified atom stereocenters. The van der Waals surface area contributed by atoms with Gasteiger partial charge in [0.1, 0.15) is 5.75 Å². The molecule has 1 aromatic carbocycles. The molecular formula is C24H39N5O2. The molecule has 1 heterocycles. The van der Waals surface area contributed by atoms with Gasteiger partial charge in [-0.15, -0.1) is 0 Å². The number of primary amides is 1. The maximum absolute atomic E-state index is 11.3. The molecule has 4 N–H and O–H groups in total. The number of amides is 1. The summed E-state index contributed by atoms with van der Waals surface area (Å²) in [7, 11) is 1.80. The van der Waals surface area contributed by atoms with Crippen molar-refractivity contribution in [1.29, 1.82) is 0 Å². The molecule has 1 aliphatic heterocycles. The summed E-state index contributed by atoms with van der Waals surface area (Å²) in [6, 6.07) is 6.39. The van der Waals surface area contributed by atoms with E-state index in [4.69, 9.17) is 10.5 Å². The Labute approximate surface area is 186 Å². The van der Waals surface area contributed by atoms with E-state index in [9.17, 15) is 4.79 Å². The van der Waals surface area contributed by atoms with Crippen molar-refractivity contribution in [2.45, 2.75) is 52.0 Å². The number of likely N-dealkylation sites (tertiary alicyclic amines) is 1. The maximum atomic E-state index is 11.3. The van der Waals surface area contributed by atoms with Gasteiger partial charge in [0.2, 0.25) is 5.91 Å². The number of aryl methyl sites for hydroxylation is 1. The van der Waals surface area contributed by atoms with Gasteiger partial charge in [0.05, 0.1) is 6.61 Å². The van der Waals surface area contributed by atoms with E-state index in [1.807, 2.05) is 0 Å². The fourth-order valence-corrected chi connectivity index (χ4v) is 3.94. The minimum absolute atomic E-state index is 0.0699. The Bertz CT molecular complexity index is 739. The van der Waals surface area contributed by atoms with Crippen LogP contribution in [0.15, 0.2) is 23.2 Å². The number of hydrogen-bond donors (Lipinski definition) is 3. The van der Waals surface area contributed by atoms with E-state index in [-0.39, 0.29) is 11.8 Å². The third-order valence-electron chi connectivity index (χ3n) is 6.25. The molecule has 0 spiro atoms. The monoisotopic (exact) mass is 429 g/mol. The zero-order valence-corrected chi connectivity index (χ0v) is 19.2. The first kappa shape index (κ1) is 23.4. The summed E-state index contributed by atoms with van der Waals surface area (Å²) >= 11 is 0. The molecule has 1 aliphatic carbocycles. The number of carbonyl (C=O) groups excluding carboxylic acids is 1. The molecule has 1 aromatic rings. The first-order chi connectivity index (χ1) is 15.0. The van der Waals surface area contributed by atoms with Gasteiger partial charge in [-0.25, -0.2) is 0 Å². The van der Waals surface area contributed by atoms with Gasteiger partial charge in [-0.3, -0.25) is 9.79 Å². The van der Waals surface area contributed by atoms with Gasteiger partial charge >= 0.3 is 0 Å².